The van der Waals surface area contributed by atoms with Crippen LogP contribution in [0.25, 0.3) is 0 Å². The van der Waals surface area contributed by atoms with E-state index in [4.69, 9.17) is 4.74 Å². The number of benzene rings is 2. The van der Waals surface area contributed by atoms with Crippen molar-refractivity contribution in [2.75, 3.05) is 32.8 Å². The number of nitrogens with zero attached hydrogens (tertiary/aromatic N) is 2. The molecule has 0 saturated carbocycles. The summed E-state index contributed by atoms with van der Waals surface area (Å²) in [6.07, 6.45) is 0.748. The Kier molecular flexibility index (Phi) is 8.46. The zero-order valence-corrected chi connectivity index (χ0v) is 17.9. The molecular weight excluding hydrogens is 408 g/mol. The minimum atomic E-state index is -0.785. The van der Waals surface area contributed by atoms with Crippen LogP contribution >= 0.6 is 0 Å². The number of hydrogen-bond acceptors (Lipinski definition) is 5. The number of amides is 3. The van der Waals surface area contributed by atoms with Gasteiger partial charge in [-0.3, -0.25) is 4.79 Å². The molecule has 3 amide bonds. The molecule has 1 saturated heterocycles. The smallest absolute Gasteiger partial charge is 0.318 e. The van der Waals surface area contributed by atoms with Gasteiger partial charge in [0.1, 0.15) is 11.8 Å². The van der Waals surface area contributed by atoms with Crippen LogP contribution in [0.3, 0.4) is 0 Å². The second kappa shape index (κ2) is 11.7. The normalized spacial score (nSPS) is 15.3. The Bertz CT molecular complexity index is 921. The Hall–Kier alpha value is -3.57. The Balaban J connectivity index is 1.61. The van der Waals surface area contributed by atoms with Gasteiger partial charge in [-0.1, -0.05) is 42.5 Å². The number of ether oxygens (including phenoxy) is 1. The van der Waals surface area contributed by atoms with Crippen LogP contribution in [0.2, 0.25) is 0 Å². The number of phenols is 1. The topological polar surface area (TPSA) is 115 Å². The first-order chi connectivity index (χ1) is 15.6. The van der Waals surface area contributed by atoms with Gasteiger partial charge >= 0.3 is 6.03 Å². The molecule has 8 nitrogen and oxygen atoms in total. The lowest BCUT2D eigenvalue weighted by molar-refractivity contribution is -0.123. The summed E-state index contributed by atoms with van der Waals surface area (Å²) in [6, 6.07) is 17.2. The van der Waals surface area contributed by atoms with Crippen LogP contribution in [0.1, 0.15) is 23.5 Å². The lowest BCUT2D eigenvalue weighted by Gasteiger charge is -2.29. The van der Waals surface area contributed by atoms with E-state index >= 15 is 0 Å². The minimum Gasteiger partial charge on any atom is -0.508 e. The van der Waals surface area contributed by atoms with Crippen molar-refractivity contribution in [2.45, 2.75) is 24.8 Å². The molecule has 1 unspecified atom stereocenters. The fourth-order valence-corrected chi connectivity index (χ4v) is 3.54. The Morgan fingerprint density at radius 1 is 1.09 bits per heavy atom. The van der Waals surface area contributed by atoms with Crippen LogP contribution in [-0.2, 0) is 16.0 Å². The molecule has 0 spiro atoms. The average molecular weight is 437 g/mol. The quantitative estimate of drug-likeness (QED) is 0.587. The molecule has 8 heteroatoms. The van der Waals surface area contributed by atoms with E-state index in [9.17, 15) is 20.0 Å². The highest BCUT2D eigenvalue weighted by atomic mass is 16.5. The van der Waals surface area contributed by atoms with Crippen LogP contribution in [0.15, 0.2) is 54.6 Å². The summed E-state index contributed by atoms with van der Waals surface area (Å²) in [5, 5.41) is 24.7. The van der Waals surface area contributed by atoms with Crippen LogP contribution in [0.5, 0.6) is 5.75 Å². The highest BCUT2D eigenvalue weighted by Crippen LogP contribution is 2.18. The minimum absolute atomic E-state index is 0.135. The number of aromatic hydroxyl groups is 1. The standard InChI is InChI=1S/C24H28N4O4/c25-17-20(19-4-2-1-3-5-19)10-11-26-23(30)22(16-18-6-8-21(29)9-7-18)27-24(31)28-12-14-32-15-13-28/h1-9,20,22,29H,10-16H2,(H,26,30)(H,27,31)/t20?,22-/m0/s1. The summed E-state index contributed by atoms with van der Waals surface area (Å²) >= 11 is 0. The zero-order valence-electron chi connectivity index (χ0n) is 17.9. The third-order valence-corrected chi connectivity index (χ3v) is 5.38. The molecule has 32 heavy (non-hydrogen) atoms. The van der Waals surface area contributed by atoms with Gasteiger partial charge in [-0.15, -0.1) is 0 Å². The molecule has 3 N–H and O–H groups in total. The summed E-state index contributed by atoms with van der Waals surface area (Å²) in [7, 11) is 0. The molecule has 1 aliphatic rings. The molecule has 1 heterocycles. The van der Waals surface area contributed by atoms with E-state index in [1.807, 2.05) is 30.3 Å². The fraction of sp³-hybridized carbons (Fsp3) is 0.375. The molecule has 2 aromatic carbocycles. The van der Waals surface area contributed by atoms with Gasteiger partial charge in [0.05, 0.1) is 25.2 Å². The molecule has 168 valence electrons. The van der Waals surface area contributed by atoms with E-state index in [0.29, 0.717) is 39.3 Å². The van der Waals surface area contributed by atoms with Crippen molar-refractivity contribution in [3.8, 4) is 11.8 Å². The predicted octanol–water partition coefficient (Wildman–Crippen LogP) is 2.16. The number of nitriles is 1. The van der Waals surface area contributed by atoms with Crippen LogP contribution in [0.4, 0.5) is 4.79 Å². The highest BCUT2D eigenvalue weighted by Gasteiger charge is 2.25. The maximum absolute atomic E-state index is 12.9. The molecule has 1 aliphatic heterocycles. The molecule has 0 aromatic heterocycles. The monoisotopic (exact) mass is 436 g/mol. The molecule has 2 aromatic rings. The van der Waals surface area contributed by atoms with E-state index in [-0.39, 0.29) is 30.0 Å². The number of urea groups is 1. The van der Waals surface area contributed by atoms with E-state index in [1.165, 1.54) is 0 Å². The average Bonchev–Trinajstić information content (AvgIpc) is 2.83. The van der Waals surface area contributed by atoms with Gasteiger partial charge in [0.15, 0.2) is 0 Å². The Morgan fingerprint density at radius 3 is 2.44 bits per heavy atom. The summed E-state index contributed by atoms with van der Waals surface area (Å²) in [6.45, 7) is 2.20. The van der Waals surface area contributed by atoms with Crippen molar-refractivity contribution >= 4 is 11.9 Å². The molecule has 0 bridgehead atoms. The number of morpholine rings is 1. The molecule has 0 radical (unpaired) electrons. The lowest BCUT2D eigenvalue weighted by Crippen LogP contribution is -2.54. The van der Waals surface area contributed by atoms with E-state index < -0.39 is 6.04 Å². The van der Waals surface area contributed by atoms with Crippen LogP contribution < -0.4 is 10.6 Å². The predicted molar refractivity (Wildman–Crippen MR) is 119 cm³/mol. The maximum atomic E-state index is 12.9. The number of phenolic OH excluding ortho intramolecular Hbond substituents is 1. The molecule has 0 aliphatic carbocycles. The second-order valence-corrected chi connectivity index (χ2v) is 7.64. The van der Waals surface area contributed by atoms with Crippen LogP contribution in [0, 0.1) is 11.3 Å². The summed E-state index contributed by atoms with van der Waals surface area (Å²) in [4.78, 5) is 27.2. The van der Waals surface area contributed by atoms with Gasteiger partial charge < -0.3 is 25.4 Å². The first-order valence-electron chi connectivity index (χ1n) is 10.7. The van der Waals surface area contributed by atoms with Crippen molar-refractivity contribution in [3.05, 3.63) is 65.7 Å². The van der Waals surface area contributed by atoms with E-state index in [2.05, 4.69) is 16.7 Å². The summed E-state index contributed by atoms with van der Waals surface area (Å²) in [5.74, 6) is -0.505. The number of hydrogen-bond donors (Lipinski definition) is 3. The number of carbonyl (C=O) groups is 2. The number of carbonyl (C=O) groups excluding carboxylic acids is 2. The van der Waals surface area contributed by atoms with Crippen molar-refractivity contribution < 1.29 is 19.4 Å². The van der Waals surface area contributed by atoms with Crippen molar-refractivity contribution in [2.24, 2.45) is 0 Å². The van der Waals surface area contributed by atoms with Crippen LogP contribution in [-0.4, -0.2) is 60.8 Å². The third-order valence-electron chi connectivity index (χ3n) is 5.38. The van der Waals surface area contributed by atoms with Gasteiger partial charge in [-0.25, -0.2) is 4.79 Å². The van der Waals surface area contributed by atoms with E-state index in [0.717, 1.165) is 11.1 Å². The maximum Gasteiger partial charge on any atom is 0.318 e. The lowest BCUT2D eigenvalue weighted by atomic mass is 9.97. The molecular formula is C24H28N4O4. The van der Waals surface area contributed by atoms with Gasteiger partial charge in [-0.05, 0) is 29.7 Å². The first-order valence-corrected chi connectivity index (χ1v) is 10.7. The van der Waals surface area contributed by atoms with Crippen molar-refractivity contribution in [1.29, 1.82) is 5.26 Å². The number of nitrogens with one attached hydrogen (secondary N) is 2. The summed E-state index contributed by atoms with van der Waals surface area (Å²) < 4.78 is 5.28. The second-order valence-electron chi connectivity index (χ2n) is 7.64. The highest BCUT2D eigenvalue weighted by molar-refractivity contribution is 5.87. The number of rotatable bonds is 8. The van der Waals surface area contributed by atoms with E-state index in [1.54, 1.807) is 29.2 Å². The van der Waals surface area contributed by atoms with Gasteiger partial charge in [0, 0.05) is 26.1 Å². The van der Waals surface area contributed by atoms with Gasteiger partial charge in [0.2, 0.25) is 5.91 Å². The first kappa shape index (κ1) is 23.1. The molecule has 1 fully saturated rings. The Morgan fingerprint density at radius 2 is 1.78 bits per heavy atom. The van der Waals surface area contributed by atoms with Gasteiger partial charge in [0.25, 0.3) is 0 Å². The summed E-state index contributed by atoms with van der Waals surface area (Å²) in [5.41, 5.74) is 1.72. The molecule has 3 rings (SSSR count). The SMILES string of the molecule is N#CC(CCNC(=O)[C@H](Cc1ccc(O)cc1)NC(=O)N1CCOCC1)c1ccccc1. The van der Waals surface area contributed by atoms with Crippen molar-refractivity contribution in [3.63, 3.8) is 0 Å². The molecule has 2 atom stereocenters. The largest absolute Gasteiger partial charge is 0.508 e. The Labute approximate surface area is 187 Å². The fourth-order valence-electron chi connectivity index (χ4n) is 3.54. The van der Waals surface area contributed by atoms with Gasteiger partial charge in [-0.2, -0.15) is 5.26 Å². The third kappa shape index (κ3) is 6.72. The van der Waals surface area contributed by atoms with Crippen molar-refractivity contribution in [1.82, 2.24) is 15.5 Å². The zero-order chi connectivity index (χ0) is 22.8.